The summed E-state index contributed by atoms with van der Waals surface area (Å²) in [5.74, 6) is -0.127. The molecule has 1 unspecified atom stereocenters. The normalized spacial score (nSPS) is 20.8. The Morgan fingerprint density at radius 3 is 2.62 bits per heavy atom. The molecule has 1 saturated heterocycles. The molecule has 1 aromatic carbocycles. The van der Waals surface area contributed by atoms with Crippen molar-refractivity contribution in [3.05, 3.63) is 64.4 Å². The minimum absolute atomic E-state index is 0.00510. The van der Waals surface area contributed by atoms with Crippen LogP contribution in [0.5, 0.6) is 0 Å². The molecule has 0 bridgehead atoms. The Morgan fingerprint density at radius 2 is 1.92 bits per heavy atom. The molecule has 1 aliphatic rings. The van der Waals surface area contributed by atoms with Gasteiger partial charge in [0.1, 0.15) is 0 Å². The van der Waals surface area contributed by atoms with E-state index < -0.39 is 15.1 Å². The molecule has 0 spiro atoms. The van der Waals surface area contributed by atoms with Crippen LogP contribution in [0.3, 0.4) is 0 Å². The van der Waals surface area contributed by atoms with Crippen LogP contribution < -0.4 is 0 Å². The zero-order valence-electron chi connectivity index (χ0n) is 13.2. The van der Waals surface area contributed by atoms with Gasteiger partial charge in [0, 0.05) is 24.0 Å². The second kappa shape index (κ2) is 7.32. The average Bonchev–Trinajstić information content (AvgIpc) is 3.04. The molecule has 0 aliphatic carbocycles. The van der Waals surface area contributed by atoms with Gasteiger partial charge in [-0.15, -0.1) is 11.3 Å². The number of thiophene rings is 1. The molecule has 1 atom stereocenters. The smallest absolute Gasteiger partial charge is 0.246 e. The minimum Gasteiger partial charge on any atom is -0.338 e. The number of rotatable bonds is 3. The van der Waals surface area contributed by atoms with Gasteiger partial charge in [0.15, 0.2) is 9.84 Å². The lowest BCUT2D eigenvalue weighted by Crippen LogP contribution is -2.32. The third kappa shape index (κ3) is 3.94. The predicted octanol–water partition coefficient (Wildman–Crippen LogP) is 3.15. The van der Waals surface area contributed by atoms with E-state index in [0.717, 1.165) is 10.4 Å². The molecule has 2 aromatic rings. The van der Waals surface area contributed by atoms with E-state index in [0.29, 0.717) is 13.0 Å². The van der Waals surface area contributed by atoms with Gasteiger partial charge in [0.2, 0.25) is 5.91 Å². The van der Waals surface area contributed by atoms with Crippen LogP contribution in [0.1, 0.15) is 22.1 Å². The molecule has 1 fully saturated rings. The predicted molar refractivity (Wildman–Crippen MR) is 97.5 cm³/mol. The van der Waals surface area contributed by atoms with E-state index in [2.05, 4.69) is 0 Å². The maximum atomic E-state index is 12.6. The Balaban J connectivity index is 1.73. The van der Waals surface area contributed by atoms with Crippen molar-refractivity contribution in [1.82, 2.24) is 4.90 Å². The van der Waals surface area contributed by atoms with Crippen LogP contribution in [0.2, 0.25) is 0 Å². The summed E-state index contributed by atoms with van der Waals surface area (Å²) < 4.78 is 25.1. The lowest BCUT2D eigenvalue weighted by atomic mass is 10.1. The van der Waals surface area contributed by atoms with E-state index in [1.54, 1.807) is 22.3 Å². The molecule has 1 aliphatic heterocycles. The monoisotopic (exact) mass is 361 g/mol. The van der Waals surface area contributed by atoms with E-state index in [1.165, 1.54) is 6.08 Å². The highest BCUT2D eigenvalue weighted by Gasteiger charge is 2.32. The number of benzene rings is 1. The first-order chi connectivity index (χ1) is 11.6. The average molecular weight is 361 g/mol. The summed E-state index contributed by atoms with van der Waals surface area (Å²) in [4.78, 5) is 15.0. The summed E-state index contributed by atoms with van der Waals surface area (Å²) in [6.07, 6.45) is 3.74. The van der Waals surface area contributed by atoms with Crippen molar-refractivity contribution in [3.8, 4) is 0 Å². The standard InChI is InChI=1S/C18H19NO3S2/c20-18(9-8-16-7-4-13-23-16)19-11-10-17(24(21,22)14-12-19)15-5-2-1-3-6-15/h1-9,13,17H,10-12,14H2. The van der Waals surface area contributed by atoms with Crippen LogP contribution in [0, 0.1) is 0 Å². The summed E-state index contributed by atoms with van der Waals surface area (Å²) in [5.41, 5.74) is 0.806. The molecular weight excluding hydrogens is 342 g/mol. The van der Waals surface area contributed by atoms with Gasteiger partial charge in [-0.05, 0) is 29.5 Å². The maximum absolute atomic E-state index is 12.6. The zero-order chi connectivity index (χ0) is 17.0. The first-order valence-corrected chi connectivity index (χ1v) is 10.4. The maximum Gasteiger partial charge on any atom is 0.246 e. The van der Waals surface area contributed by atoms with Gasteiger partial charge in [0.25, 0.3) is 0 Å². The summed E-state index contributed by atoms with van der Waals surface area (Å²) in [6, 6.07) is 13.1. The first kappa shape index (κ1) is 16.9. The second-order valence-corrected chi connectivity index (χ2v) is 9.01. The van der Waals surface area contributed by atoms with Crippen molar-refractivity contribution in [3.63, 3.8) is 0 Å². The van der Waals surface area contributed by atoms with Gasteiger partial charge in [-0.3, -0.25) is 4.79 Å². The van der Waals surface area contributed by atoms with Crippen LogP contribution in [0.15, 0.2) is 53.9 Å². The molecule has 6 heteroatoms. The SMILES string of the molecule is O=C(C=Cc1cccs1)N1CCC(c2ccccc2)S(=O)(=O)CC1. The summed E-state index contributed by atoms with van der Waals surface area (Å²) in [7, 11) is -3.25. The number of sulfone groups is 1. The third-order valence-electron chi connectivity index (χ3n) is 4.16. The van der Waals surface area contributed by atoms with E-state index in [1.807, 2.05) is 47.8 Å². The van der Waals surface area contributed by atoms with Gasteiger partial charge >= 0.3 is 0 Å². The first-order valence-electron chi connectivity index (χ1n) is 7.83. The quantitative estimate of drug-likeness (QED) is 0.789. The molecule has 4 nitrogen and oxygen atoms in total. The molecule has 2 heterocycles. The van der Waals surface area contributed by atoms with Crippen LogP contribution >= 0.6 is 11.3 Å². The topological polar surface area (TPSA) is 54.5 Å². The largest absolute Gasteiger partial charge is 0.338 e. The van der Waals surface area contributed by atoms with Crippen molar-refractivity contribution in [2.24, 2.45) is 0 Å². The lowest BCUT2D eigenvalue weighted by Gasteiger charge is -2.18. The van der Waals surface area contributed by atoms with E-state index >= 15 is 0 Å². The van der Waals surface area contributed by atoms with Crippen molar-refractivity contribution in [2.45, 2.75) is 11.7 Å². The van der Waals surface area contributed by atoms with Crippen LogP contribution in [-0.2, 0) is 14.6 Å². The molecule has 24 heavy (non-hydrogen) atoms. The van der Waals surface area contributed by atoms with Gasteiger partial charge in [-0.2, -0.15) is 0 Å². The number of nitrogens with zero attached hydrogens (tertiary/aromatic N) is 1. The van der Waals surface area contributed by atoms with Crippen LogP contribution in [0.4, 0.5) is 0 Å². The highest BCUT2D eigenvalue weighted by Crippen LogP contribution is 2.29. The fourth-order valence-electron chi connectivity index (χ4n) is 2.85. The Kier molecular flexibility index (Phi) is 5.16. The molecule has 0 saturated carbocycles. The molecule has 126 valence electrons. The molecule has 0 N–H and O–H groups in total. The third-order valence-corrected chi connectivity index (χ3v) is 7.12. The van der Waals surface area contributed by atoms with Crippen LogP contribution in [-0.4, -0.2) is 38.1 Å². The lowest BCUT2D eigenvalue weighted by molar-refractivity contribution is -0.125. The molecule has 1 amide bonds. The van der Waals surface area contributed by atoms with Crippen molar-refractivity contribution < 1.29 is 13.2 Å². The Bertz CT molecular complexity index is 811. The molecule has 0 radical (unpaired) electrons. The van der Waals surface area contributed by atoms with Crippen molar-refractivity contribution in [1.29, 1.82) is 0 Å². The zero-order valence-corrected chi connectivity index (χ0v) is 14.8. The Labute approximate surface area is 146 Å². The number of hydrogen-bond donors (Lipinski definition) is 0. The number of amides is 1. The van der Waals surface area contributed by atoms with Crippen LogP contribution in [0.25, 0.3) is 6.08 Å². The number of hydrogen-bond acceptors (Lipinski definition) is 4. The minimum atomic E-state index is -3.25. The highest BCUT2D eigenvalue weighted by molar-refractivity contribution is 7.91. The molecule has 3 rings (SSSR count). The van der Waals surface area contributed by atoms with Gasteiger partial charge in [0.05, 0.1) is 11.0 Å². The highest BCUT2D eigenvalue weighted by atomic mass is 32.2. The number of carbonyl (C=O) groups is 1. The summed E-state index contributed by atoms with van der Waals surface area (Å²) in [6.45, 7) is 0.700. The fourth-order valence-corrected chi connectivity index (χ4v) is 5.26. The Hall–Kier alpha value is -1.92. The fraction of sp³-hybridized carbons (Fsp3) is 0.278. The molecule has 1 aromatic heterocycles. The van der Waals surface area contributed by atoms with E-state index in [4.69, 9.17) is 0 Å². The van der Waals surface area contributed by atoms with E-state index in [9.17, 15) is 13.2 Å². The summed E-state index contributed by atoms with van der Waals surface area (Å²) >= 11 is 1.56. The van der Waals surface area contributed by atoms with Crippen molar-refractivity contribution in [2.75, 3.05) is 18.8 Å². The van der Waals surface area contributed by atoms with E-state index in [-0.39, 0.29) is 18.2 Å². The van der Waals surface area contributed by atoms with Gasteiger partial charge < -0.3 is 4.90 Å². The summed E-state index contributed by atoms with van der Waals surface area (Å²) in [5, 5.41) is 1.42. The Morgan fingerprint density at radius 1 is 1.12 bits per heavy atom. The molecular formula is C18H19NO3S2. The van der Waals surface area contributed by atoms with Crippen molar-refractivity contribution >= 4 is 33.2 Å². The van der Waals surface area contributed by atoms with Gasteiger partial charge in [-0.25, -0.2) is 8.42 Å². The second-order valence-electron chi connectivity index (χ2n) is 5.73. The number of carbonyl (C=O) groups excluding carboxylic acids is 1. The van der Waals surface area contributed by atoms with Gasteiger partial charge in [-0.1, -0.05) is 36.4 Å².